The van der Waals surface area contributed by atoms with E-state index >= 15 is 0 Å². The minimum atomic E-state index is -1.18. The molecule has 1 aromatic rings. The van der Waals surface area contributed by atoms with Crippen LogP contribution in [0.2, 0.25) is 0 Å². The summed E-state index contributed by atoms with van der Waals surface area (Å²) in [6.45, 7) is 0.625. The second-order valence-electron chi connectivity index (χ2n) is 5.76. The smallest absolute Gasteiger partial charge is 0.352 e. The number of nitrogens with one attached hydrogen (secondary N) is 1. The molecule has 3 rings (SSSR count). The second kappa shape index (κ2) is 8.58. The molecule has 0 aliphatic carbocycles. The molecule has 3 heterocycles. The van der Waals surface area contributed by atoms with Gasteiger partial charge in [-0.1, -0.05) is 5.16 Å². The highest BCUT2D eigenvalue weighted by Crippen LogP contribution is 2.37. The third kappa shape index (κ3) is 3.95. The molecule has 1 saturated heterocycles. The fourth-order valence-electron chi connectivity index (χ4n) is 2.61. The van der Waals surface area contributed by atoms with Crippen molar-refractivity contribution in [2.45, 2.75) is 17.8 Å². The third-order valence-electron chi connectivity index (χ3n) is 3.93. The van der Waals surface area contributed by atoms with Crippen LogP contribution in [-0.2, 0) is 19.2 Å². The number of nitrogen functional groups attached to an aromatic ring is 1. The number of hydrogen-bond acceptors (Lipinski definition) is 10. The van der Waals surface area contributed by atoms with Gasteiger partial charge in [0.2, 0.25) is 0 Å². The lowest BCUT2D eigenvalue weighted by Gasteiger charge is -2.48. The lowest BCUT2D eigenvalue weighted by atomic mass is 10.0. The molecular weight excluding hydrogens is 408 g/mol. The van der Waals surface area contributed by atoms with E-state index < -0.39 is 29.2 Å². The van der Waals surface area contributed by atoms with Crippen molar-refractivity contribution in [3.63, 3.8) is 0 Å². The highest BCUT2D eigenvalue weighted by Gasteiger charge is 2.53. The van der Waals surface area contributed by atoms with Crippen LogP contribution in [-0.4, -0.2) is 68.8 Å². The molecule has 0 aromatic carbocycles. The van der Waals surface area contributed by atoms with Crippen LogP contribution in [0.4, 0.5) is 5.13 Å². The van der Waals surface area contributed by atoms with Gasteiger partial charge in [0.25, 0.3) is 11.8 Å². The van der Waals surface area contributed by atoms with E-state index in [9.17, 15) is 19.5 Å². The number of thioether (sulfide) groups is 1. The Morgan fingerprint density at radius 3 is 2.93 bits per heavy atom. The molecule has 2 aliphatic rings. The molecule has 6 N–H and O–H groups in total. The number of nitrogens with two attached hydrogens (primary N) is 2. The number of anilines is 1. The predicted molar refractivity (Wildman–Crippen MR) is 103 cm³/mol. The number of carboxylic acids is 1. The van der Waals surface area contributed by atoms with Crippen LogP contribution < -0.4 is 16.8 Å². The summed E-state index contributed by atoms with van der Waals surface area (Å²) in [5.74, 6) is -1.92. The Balaban J connectivity index is 1.73. The molecule has 2 aliphatic heterocycles. The molecule has 1 aromatic heterocycles. The monoisotopic (exact) mass is 426 g/mol. The molecule has 0 saturated carbocycles. The number of carbonyl (C=O) groups is 3. The van der Waals surface area contributed by atoms with Crippen LogP contribution in [0.1, 0.15) is 12.1 Å². The summed E-state index contributed by atoms with van der Waals surface area (Å²) in [6, 6.07) is -0.870. The van der Waals surface area contributed by atoms with Crippen LogP contribution >= 0.6 is 23.1 Å². The molecule has 0 bridgehead atoms. The third-order valence-corrected chi connectivity index (χ3v) is 5.78. The molecule has 11 nitrogen and oxygen atoms in total. The number of hydrogen-bond donors (Lipinski definition) is 4. The fraction of sp³-hybridized carbons (Fsp3) is 0.400. The summed E-state index contributed by atoms with van der Waals surface area (Å²) in [7, 11) is 0. The van der Waals surface area contributed by atoms with Gasteiger partial charge in [0.1, 0.15) is 29.4 Å². The van der Waals surface area contributed by atoms with Crippen molar-refractivity contribution in [2.75, 3.05) is 24.6 Å². The number of aromatic nitrogens is 1. The van der Waals surface area contributed by atoms with Crippen molar-refractivity contribution < 1.29 is 24.3 Å². The maximum absolute atomic E-state index is 12.7. The number of thiazole rings is 1. The topological polar surface area (TPSA) is 173 Å². The van der Waals surface area contributed by atoms with Crippen molar-refractivity contribution in [3.8, 4) is 0 Å². The number of nitrogens with zero attached hydrogens (tertiary/aromatic N) is 3. The first-order chi connectivity index (χ1) is 13.4. The standard InChI is InChI=1S/C15H18N6O5S2/c16-3-1-4-26-20-9(7-6-28-15(17)18-7)11(22)19-10-12(23)21-8(14(24)25)2-5-27-13(10)21/h2,6,10,13H,1,3-5,16H2,(H2,17,18)(H,19,22)(H,24,25)/t10?,13-/m1/s1. The molecule has 0 radical (unpaired) electrons. The van der Waals surface area contributed by atoms with Gasteiger partial charge < -0.3 is 26.7 Å². The van der Waals surface area contributed by atoms with E-state index in [1.54, 1.807) is 5.38 Å². The number of carboxylic acid groups (broad SMARTS) is 1. The summed E-state index contributed by atoms with van der Waals surface area (Å²) in [4.78, 5) is 46.7. The zero-order valence-corrected chi connectivity index (χ0v) is 16.2. The zero-order chi connectivity index (χ0) is 20.3. The Morgan fingerprint density at radius 2 is 2.29 bits per heavy atom. The largest absolute Gasteiger partial charge is 0.477 e. The Labute approximate surface area is 167 Å². The minimum Gasteiger partial charge on any atom is -0.477 e. The van der Waals surface area contributed by atoms with Gasteiger partial charge in [0.15, 0.2) is 10.8 Å². The number of β-lactam (4-membered cyclic amide) rings is 1. The number of amides is 2. The Kier molecular flexibility index (Phi) is 6.16. The minimum absolute atomic E-state index is 0.0782. The summed E-state index contributed by atoms with van der Waals surface area (Å²) in [5, 5.41) is 16.9. The van der Waals surface area contributed by atoms with E-state index in [1.165, 1.54) is 17.8 Å². The van der Waals surface area contributed by atoms with Gasteiger partial charge in [0.05, 0.1) is 0 Å². The lowest BCUT2D eigenvalue weighted by molar-refractivity contribution is -0.150. The van der Waals surface area contributed by atoms with Crippen LogP contribution in [0.15, 0.2) is 22.3 Å². The number of carbonyl (C=O) groups excluding carboxylic acids is 2. The van der Waals surface area contributed by atoms with Crippen molar-refractivity contribution in [1.82, 2.24) is 15.2 Å². The number of fused-ring (bicyclic) bond motifs is 1. The predicted octanol–water partition coefficient (Wildman–Crippen LogP) is -0.837. The number of aliphatic carboxylic acids is 1. The molecule has 13 heteroatoms. The lowest BCUT2D eigenvalue weighted by Crippen LogP contribution is -2.70. The van der Waals surface area contributed by atoms with Crippen molar-refractivity contribution in [1.29, 1.82) is 0 Å². The summed E-state index contributed by atoms with van der Waals surface area (Å²) < 4.78 is 0. The Hall–Kier alpha value is -2.64. The fourth-order valence-corrected chi connectivity index (χ4v) is 4.35. The molecular formula is C15H18N6O5S2. The van der Waals surface area contributed by atoms with Crippen molar-refractivity contribution in [3.05, 3.63) is 22.8 Å². The first-order valence-electron chi connectivity index (χ1n) is 8.24. The normalized spacial score (nSPS) is 21.5. The van der Waals surface area contributed by atoms with Gasteiger partial charge in [0, 0.05) is 11.1 Å². The van der Waals surface area contributed by atoms with Gasteiger partial charge in [-0.05, 0) is 19.0 Å². The number of rotatable bonds is 8. The highest BCUT2D eigenvalue weighted by atomic mass is 32.2. The highest BCUT2D eigenvalue weighted by molar-refractivity contribution is 8.00. The summed E-state index contributed by atoms with van der Waals surface area (Å²) >= 11 is 2.49. The molecule has 1 fully saturated rings. The molecule has 2 atom stereocenters. The van der Waals surface area contributed by atoms with E-state index in [1.807, 2.05) is 0 Å². The van der Waals surface area contributed by atoms with Gasteiger partial charge in [-0.25, -0.2) is 9.78 Å². The molecule has 1 unspecified atom stereocenters. The van der Waals surface area contributed by atoms with Gasteiger partial charge in [-0.2, -0.15) is 0 Å². The maximum Gasteiger partial charge on any atom is 0.352 e. The first-order valence-corrected chi connectivity index (χ1v) is 10.2. The van der Waals surface area contributed by atoms with Crippen LogP contribution in [0, 0.1) is 0 Å². The van der Waals surface area contributed by atoms with E-state index in [2.05, 4.69) is 15.5 Å². The average molecular weight is 426 g/mol. The zero-order valence-electron chi connectivity index (χ0n) is 14.5. The summed E-state index contributed by atoms with van der Waals surface area (Å²) in [5.41, 5.74) is 11.0. The van der Waals surface area contributed by atoms with E-state index in [0.717, 1.165) is 16.2 Å². The maximum atomic E-state index is 12.7. The quantitative estimate of drug-likeness (QED) is 0.179. The van der Waals surface area contributed by atoms with Gasteiger partial charge in [-0.15, -0.1) is 23.1 Å². The molecule has 0 spiro atoms. The van der Waals surface area contributed by atoms with Gasteiger partial charge in [-0.3, -0.25) is 14.5 Å². The van der Waals surface area contributed by atoms with Gasteiger partial charge >= 0.3 is 5.97 Å². The van der Waals surface area contributed by atoms with Crippen LogP contribution in [0.5, 0.6) is 0 Å². The Morgan fingerprint density at radius 1 is 1.50 bits per heavy atom. The van der Waals surface area contributed by atoms with E-state index in [0.29, 0.717) is 18.7 Å². The van der Waals surface area contributed by atoms with Crippen LogP contribution in [0.3, 0.4) is 0 Å². The molecule has 28 heavy (non-hydrogen) atoms. The second-order valence-corrected chi connectivity index (χ2v) is 7.80. The van der Waals surface area contributed by atoms with Crippen molar-refractivity contribution in [2.24, 2.45) is 10.9 Å². The Bertz CT molecular complexity index is 854. The first kappa shape index (κ1) is 20.1. The van der Waals surface area contributed by atoms with E-state index in [-0.39, 0.29) is 28.8 Å². The SMILES string of the molecule is NCCCON=C(C(=O)NC1C(=O)N2C(C(=O)O)=CCS[C@H]12)c1csc(N)n1. The van der Waals surface area contributed by atoms with Crippen molar-refractivity contribution >= 4 is 51.7 Å². The van der Waals surface area contributed by atoms with Crippen LogP contribution in [0.25, 0.3) is 0 Å². The summed E-state index contributed by atoms with van der Waals surface area (Å²) in [6.07, 6.45) is 2.02. The average Bonchev–Trinajstić information content (AvgIpc) is 3.10. The number of oxime groups is 1. The van der Waals surface area contributed by atoms with E-state index in [4.69, 9.17) is 16.3 Å². The molecule has 150 valence electrons. The molecule has 2 amide bonds.